The van der Waals surface area contributed by atoms with Gasteiger partial charge < -0.3 is 10.1 Å². The minimum absolute atomic E-state index is 0.0292. The minimum atomic E-state index is -3.89. The van der Waals surface area contributed by atoms with Crippen LogP contribution in [0.25, 0.3) is 0 Å². The number of nitrogens with one attached hydrogen (secondary N) is 2. The van der Waals surface area contributed by atoms with E-state index in [1.807, 2.05) is 44.2 Å². The number of rotatable bonds is 10. The smallest absolute Gasteiger partial charge is 0.241 e. The summed E-state index contributed by atoms with van der Waals surface area (Å²) in [5.74, 6) is 0.277. The summed E-state index contributed by atoms with van der Waals surface area (Å²) in [5.41, 5.74) is 1.58. The number of hydrogen-bond acceptors (Lipinski definition) is 4. The average molecular weight is 419 g/mol. The van der Waals surface area contributed by atoms with Crippen LogP contribution >= 0.6 is 0 Å². The molecule has 6 nitrogen and oxygen atoms in total. The van der Waals surface area contributed by atoms with Crippen LogP contribution in [-0.4, -0.2) is 33.5 Å². The fraction of sp³-hybridized carbons (Fsp3) is 0.409. The fourth-order valence-electron chi connectivity index (χ4n) is 3.16. The molecule has 2 aromatic carbocycles. The molecule has 0 fully saturated rings. The van der Waals surface area contributed by atoms with Crippen molar-refractivity contribution in [1.29, 1.82) is 0 Å². The number of methoxy groups -OCH3 is 1. The van der Waals surface area contributed by atoms with Crippen molar-refractivity contribution < 1.29 is 17.9 Å². The Balaban J connectivity index is 2.27. The molecule has 0 radical (unpaired) electrons. The van der Waals surface area contributed by atoms with Gasteiger partial charge in [0.1, 0.15) is 11.8 Å². The highest BCUT2D eigenvalue weighted by molar-refractivity contribution is 7.89. The van der Waals surface area contributed by atoms with Crippen LogP contribution in [0.5, 0.6) is 5.75 Å². The van der Waals surface area contributed by atoms with Crippen molar-refractivity contribution in [3.05, 3.63) is 59.7 Å². The summed E-state index contributed by atoms with van der Waals surface area (Å²) in [7, 11) is -2.35. The van der Waals surface area contributed by atoms with Crippen LogP contribution in [0.1, 0.15) is 37.8 Å². The van der Waals surface area contributed by atoms with Gasteiger partial charge in [-0.05, 0) is 56.0 Å². The fourth-order valence-corrected chi connectivity index (χ4v) is 4.44. The monoisotopic (exact) mass is 418 g/mol. The van der Waals surface area contributed by atoms with Crippen LogP contribution in [0.4, 0.5) is 0 Å². The SMILES string of the molecule is CCC[C@@H](C)NC(=O)[C@@H](Cc1ccccc1)NS(=O)(=O)c1ccc(OC)c(C)c1. The number of carbonyl (C=O) groups excluding carboxylic acids is 1. The van der Waals surface area contributed by atoms with Crippen molar-refractivity contribution in [3.8, 4) is 5.75 Å². The highest BCUT2D eigenvalue weighted by atomic mass is 32.2. The van der Waals surface area contributed by atoms with E-state index in [2.05, 4.69) is 10.0 Å². The Morgan fingerprint density at radius 2 is 1.83 bits per heavy atom. The van der Waals surface area contributed by atoms with Crippen LogP contribution in [0.3, 0.4) is 0 Å². The first-order valence-electron chi connectivity index (χ1n) is 9.78. The molecule has 1 amide bonds. The van der Waals surface area contributed by atoms with E-state index in [0.29, 0.717) is 11.3 Å². The summed E-state index contributed by atoms with van der Waals surface area (Å²) < 4.78 is 33.7. The van der Waals surface area contributed by atoms with E-state index < -0.39 is 16.1 Å². The van der Waals surface area contributed by atoms with Gasteiger partial charge in [-0.3, -0.25) is 4.79 Å². The molecule has 29 heavy (non-hydrogen) atoms. The summed E-state index contributed by atoms with van der Waals surface area (Å²) in [5, 5.41) is 2.92. The van der Waals surface area contributed by atoms with Gasteiger partial charge in [0.2, 0.25) is 15.9 Å². The third kappa shape index (κ3) is 6.58. The molecule has 0 aliphatic carbocycles. The lowest BCUT2D eigenvalue weighted by atomic mass is 10.1. The van der Waals surface area contributed by atoms with Gasteiger partial charge >= 0.3 is 0 Å². The second kappa shape index (κ2) is 10.4. The largest absolute Gasteiger partial charge is 0.496 e. The average Bonchev–Trinajstić information content (AvgIpc) is 2.68. The molecule has 0 saturated heterocycles. The molecule has 2 N–H and O–H groups in total. The molecular weight excluding hydrogens is 388 g/mol. The number of hydrogen-bond donors (Lipinski definition) is 2. The lowest BCUT2D eigenvalue weighted by Gasteiger charge is -2.21. The number of amides is 1. The zero-order valence-electron chi connectivity index (χ0n) is 17.4. The van der Waals surface area contributed by atoms with E-state index in [9.17, 15) is 13.2 Å². The van der Waals surface area contributed by atoms with E-state index in [1.54, 1.807) is 19.1 Å². The molecule has 2 atom stereocenters. The molecular formula is C22H30N2O4S. The van der Waals surface area contributed by atoms with Crippen LogP contribution < -0.4 is 14.8 Å². The molecule has 0 saturated carbocycles. The predicted octanol–water partition coefficient (Wildman–Crippen LogP) is 3.20. The summed E-state index contributed by atoms with van der Waals surface area (Å²) in [4.78, 5) is 13.0. The van der Waals surface area contributed by atoms with Gasteiger partial charge in [0.15, 0.2) is 0 Å². The topological polar surface area (TPSA) is 84.5 Å². The normalized spacial score (nSPS) is 13.5. The Labute approximate surface area is 173 Å². The Hall–Kier alpha value is -2.38. The number of benzene rings is 2. The zero-order chi connectivity index (χ0) is 21.4. The van der Waals surface area contributed by atoms with E-state index in [1.165, 1.54) is 13.2 Å². The maximum absolute atomic E-state index is 13.0. The molecule has 2 aromatic rings. The summed E-state index contributed by atoms with van der Waals surface area (Å²) >= 11 is 0. The first kappa shape index (κ1) is 22.9. The molecule has 0 spiro atoms. The quantitative estimate of drug-likeness (QED) is 0.621. The van der Waals surface area contributed by atoms with Crippen molar-refractivity contribution in [2.24, 2.45) is 0 Å². The standard InChI is InChI=1S/C22H30N2O4S/c1-5-9-17(3)23-22(25)20(15-18-10-7-6-8-11-18)24-29(26,27)19-12-13-21(28-4)16(2)14-19/h6-8,10-14,17,20,24H,5,9,15H2,1-4H3,(H,23,25)/t17-,20-/m1/s1. The van der Waals surface area contributed by atoms with Crippen LogP contribution in [0.15, 0.2) is 53.4 Å². The second-order valence-electron chi connectivity index (χ2n) is 7.19. The third-order valence-corrected chi connectivity index (χ3v) is 6.15. The van der Waals surface area contributed by atoms with Crippen LogP contribution in [-0.2, 0) is 21.2 Å². The molecule has 7 heteroatoms. The predicted molar refractivity (Wildman–Crippen MR) is 114 cm³/mol. The number of sulfonamides is 1. The molecule has 0 unspecified atom stereocenters. The summed E-state index contributed by atoms with van der Waals surface area (Å²) in [6.45, 7) is 5.74. The summed E-state index contributed by atoms with van der Waals surface area (Å²) in [6.07, 6.45) is 2.02. The Kier molecular flexibility index (Phi) is 8.22. The molecule has 0 aliphatic rings. The van der Waals surface area contributed by atoms with Crippen molar-refractivity contribution in [2.75, 3.05) is 7.11 Å². The molecule has 0 heterocycles. The zero-order valence-corrected chi connectivity index (χ0v) is 18.3. The number of aryl methyl sites for hydroxylation is 1. The molecule has 0 aliphatic heterocycles. The molecule has 2 rings (SSSR count). The maximum atomic E-state index is 13.0. The van der Waals surface area contributed by atoms with Crippen molar-refractivity contribution >= 4 is 15.9 Å². The second-order valence-corrected chi connectivity index (χ2v) is 8.91. The van der Waals surface area contributed by atoms with Crippen molar-refractivity contribution in [3.63, 3.8) is 0 Å². The van der Waals surface area contributed by atoms with Gasteiger partial charge in [-0.25, -0.2) is 8.42 Å². The highest BCUT2D eigenvalue weighted by Gasteiger charge is 2.27. The molecule has 0 bridgehead atoms. The van der Waals surface area contributed by atoms with Gasteiger partial charge in [0.25, 0.3) is 0 Å². The van der Waals surface area contributed by atoms with Crippen LogP contribution in [0.2, 0.25) is 0 Å². The lowest BCUT2D eigenvalue weighted by molar-refractivity contribution is -0.123. The summed E-state index contributed by atoms with van der Waals surface area (Å²) in [6, 6.07) is 13.1. The van der Waals surface area contributed by atoms with Crippen LogP contribution in [0, 0.1) is 6.92 Å². The van der Waals surface area contributed by atoms with Crippen molar-refractivity contribution in [1.82, 2.24) is 10.0 Å². The maximum Gasteiger partial charge on any atom is 0.241 e. The van der Waals surface area contributed by atoms with Gasteiger partial charge in [-0.1, -0.05) is 43.7 Å². The lowest BCUT2D eigenvalue weighted by Crippen LogP contribution is -2.50. The molecule has 0 aromatic heterocycles. The third-order valence-electron chi connectivity index (χ3n) is 4.68. The first-order valence-corrected chi connectivity index (χ1v) is 11.3. The Morgan fingerprint density at radius 1 is 1.14 bits per heavy atom. The van der Waals surface area contributed by atoms with E-state index in [-0.39, 0.29) is 23.3 Å². The number of carbonyl (C=O) groups is 1. The van der Waals surface area contributed by atoms with Gasteiger partial charge in [0, 0.05) is 6.04 Å². The van der Waals surface area contributed by atoms with Crippen molar-refractivity contribution in [2.45, 2.75) is 57.0 Å². The van der Waals surface area contributed by atoms with Gasteiger partial charge in [-0.2, -0.15) is 4.72 Å². The van der Waals surface area contributed by atoms with E-state index in [4.69, 9.17) is 4.74 Å². The minimum Gasteiger partial charge on any atom is -0.496 e. The van der Waals surface area contributed by atoms with E-state index in [0.717, 1.165) is 18.4 Å². The van der Waals surface area contributed by atoms with Gasteiger partial charge in [0.05, 0.1) is 12.0 Å². The van der Waals surface area contributed by atoms with Gasteiger partial charge in [-0.15, -0.1) is 0 Å². The van der Waals surface area contributed by atoms with E-state index >= 15 is 0 Å². The molecule has 158 valence electrons. The first-order chi connectivity index (χ1) is 13.8. The number of ether oxygens (including phenoxy) is 1. The highest BCUT2D eigenvalue weighted by Crippen LogP contribution is 2.21. The Morgan fingerprint density at radius 3 is 2.41 bits per heavy atom. The Bertz CT molecular complexity index is 914.